The molecule has 0 radical (unpaired) electrons. The zero-order chi connectivity index (χ0) is 15.9. The van der Waals surface area contributed by atoms with Gasteiger partial charge >= 0.3 is 0 Å². The maximum Gasteiger partial charge on any atom is 0.240 e. The minimum atomic E-state index is -3.83. The van der Waals surface area contributed by atoms with E-state index in [1.165, 1.54) is 12.1 Å². The zero-order valence-corrected chi connectivity index (χ0v) is 12.0. The molecule has 0 heterocycles. The number of primary amides is 1. The molecule has 0 saturated carbocycles. The topological polar surface area (TPSA) is 115 Å². The Morgan fingerprint density at radius 1 is 1.38 bits per heavy atom. The number of sulfonamides is 1. The lowest BCUT2D eigenvalue weighted by Gasteiger charge is -2.06. The molecule has 6 nitrogen and oxygen atoms in total. The second kappa shape index (κ2) is 7.73. The van der Waals surface area contributed by atoms with Crippen LogP contribution in [0.15, 0.2) is 23.1 Å². The van der Waals surface area contributed by atoms with Crippen LogP contribution in [0.3, 0.4) is 0 Å². The van der Waals surface area contributed by atoms with Crippen LogP contribution in [0.2, 0.25) is 0 Å². The second-order valence-corrected chi connectivity index (χ2v) is 5.88. The SMILES string of the molecule is NCC#Cc1ccc(S(=O)(=O)NCCCC(N)=O)cc1F. The van der Waals surface area contributed by atoms with Gasteiger partial charge in [-0.05, 0) is 24.6 Å². The van der Waals surface area contributed by atoms with Gasteiger partial charge in [-0.25, -0.2) is 17.5 Å². The average molecular weight is 313 g/mol. The lowest BCUT2D eigenvalue weighted by Crippen LogP contribution is -2.26. The Kier molecular flexibility index (Phi) is 6.30. The van der Waals surface area contributed by atoms with E-state index in [2.05, 4.69) is 16.6 Å². The largest absolute Gasteiger partial charge is 0.370 e. The van der Waals surface area contributed by atoms with E-state index in [4.69, 9.17) is 11.5 Å². The van der Waals surface area contributed by atoms with E-state index < -0.39 is 21.7 Å². The van der Waals surface area contributed by atoms with Crippen molar-refractivity contribution in [2.45, 2.75) is 17.7 Å². The fraction of sp³-hybridized carbons (Fsp3) is 0.308. The van der Waals surface area contributed by atoms with Crippen molar-refractivity contribution in [1.82, 2.24) is 4.72 Å². The molecule has 0 saturated heterocycles. The molecular weight excluding hydrogens is 297 g/mol. The van der Waals surface area contributed by atoms with Gasteiger partial charge in [-0.1, -0.05) is 11.8 Å². The Morgan fingerprint density at radius 3 is 2.67 bits per heavy atom. The van der Waals surface area contributed by atoms with Crippen LogP contribution in [0.4, 0.5) is 4.39 Å². The van der Waals surface area contributed by atoms with Crippen LogP contribution in [0, 0.1) is 17.7 Å². The average Bonchev–Trinajstić information content (AvgIpc) is 2.42. The number of nitrogens with one attached hydrogen (secondary N) is 1. The summed E-state index contributed by atoms with van der Waals surface area (Å²) in [4.78, 5) is 10.3. The van der Waals surface area contributed by atoms with Crippen molar-refractivity contribution in [3.63, 3.8) is 0 Å². The molecule has 0 aliphatic heterocycles. The van der Waals surface area contributed by atoms with Gasteiger partial charge < -0.3 is 11.5 Å². The van der Waals surface area contributed by atoms with Crippen molar-refractivity contribution in [2.24, 2.45) is 11.5 Å². The Bertz CT molecular complexity index is 678. The monoisotopic (exact) mass is 313 g/mol. The van der Waals surface area contributed by atoms with Crippen molar-refractivity contribution >= 4 is 15.9 Å². The maximum atomic E-state index is 13.7. The molecule has 0 aromatic heterocycles. The number of hydrogen-bond acceptors (Lipinski definition) is 4. The third-order valence-corrected chi connectivity index (χ3v) is 3.93. The standard InChI is InChI=1S/C13H16FN3O3S/c14-12-9-11(6-5-10(12)3-1-7-15)21(19,20)17-8-2-4-13(16)18/h5-6,9,17H,2,4,7-8,15H2,(H2,16,18). The van der Waals surface area contributed by atoms with Crippen molar-refractivity contribution in [2.75, 3.05) is 13.1 Å². The molecule has 0 aliphatic carbocycles. The first-order chi connectivity index (χ1) is 9.86. The Balaban J connectivity index is 2.79. The van der Waals surface area contributed by atoms with Crippen molar-refractivity contribution in [3.8, 4) is 11.8 Å². The predicted molar refractivity (Wildman–Crippen MR) is 75.9 cm³/mol. The molecule has 21 heavy (non-hydrogen) atoms. The van der Waals surface area contributed by atoms with Crippen LogP contribution < -0.4 is 16.2 Å². The normalized spacial score (nSPS) is 10.8. The van der Waals surface area contributed by atoms with Gasteiger partial charge in [0.25, 0.3) is 0 Å². The fourth-order valence-corrected chi connectivity index (χ4v) is 2.55. The molecule has 0 atom stereocenters. The summed E-state index contributed by atoms with van der Waals surface area (Å²) in [7, 11) is -3.83. The smallest absolute Gasteiger partial charge is 0.240 e. The molecular formula is C13H16FN3O3S. The van der Waals surface area contributed by atoms with E-state index in [1.54, 1.807) is 0 Å². The lowest BCUT2D eigenvalue weighted by molar-refractivity contribution is -0.118. The number of halogens is 1. The van der Waals surface area contributed by atoms with Crippen molar-refractivity contribution in [3.05, 3.63) is 29.6 Å². The summed E-state index contributed by atoms with van der Waals surface area (Å²) in [6, 6.07) is 3.41. The number of nitrogens with two attached hydrogens (primary N) is 2. The molecule has 1 aromatic rings. The van der Waals surface area contributed by atoms with E-state index in [-0.39, 0.29) is 36.4 Å². The summed E-state index contributed by atoms with van der Waals surface area (Å²) in [5, 5.41) is 0. The first-order valence-electron chi connectivity index (χ1n) is 6.13. The Labute approximate surface area is 122 Å². The van der Waals surface area contributed by atoms with E-state index >= 15 is 0 Å². The number of carbonyl (C=O) groups excluding carboxylic acids is 1. The Hall–Kier alpha value is -1.95. The molecule has 8 heteroatoms. The second-order valence-electron chi connectivity index (χ2n) is 4.12. The fourth-order valence-electron chi connectivity index (χ4n) is 1.46. The van der Waals surface area contributed by atoms with Gasteiger partial charge in [0.2, 0.25) is 15.9 Å². The van der Waals surface area contributed by atoms with Gasteiger partial charge in [0.05, 0.1) is 17.0 Å². The van der Waals surface area contributed by atoms with Crippen molar-refractivity contribution in [1.29, 1.82) is 0 Å². The number of amides is 1. The van der Waals surface area contributed by atoms with Gasteiger partial charge in [-0.2, -0.15) is 0 Å². The Morgan fingerprint density at radius 2 is 2.10 bits per heavy atom. The summed E-state index contributed by atoms with van der Waals surface area (Å²) in [6.07, 6.45) is 0.349. The summed E-state index contributed by atoms with van der Waals surface area (Å²) in [5.41, 5.74) is 10.2. The number of rotatable bonds is 6. The molecule has 114 valence electrons. The van der Waals surface area contributed by atoms with Gasteiger partial charge in [0.15, 0.2) is 0 Å². The minimum Gasteiger partial charge on any atom is -0.370 e. The summed E-state index contributed by atoms with van der Waals surface area (Å²) >= 11 is 0. The van der Waals surface area contributed by atoms with Crippen LogP contribution in [0.25, 0.3) is 0 Å². The highest BCUT2D eigenvalue weighted by Gasteiger charge is 2.15. The van der Waals surface area contributed by atoms with E-state index in [0.29, 0.717) is 0 Å². The van der Waals surface area contributed by atoms with Crippen LogP contribution in [0.1, 0.15) is 18.4 Å². The molecule has 0 bridgehead atoms. The molecule has 0 spiro atoms. The molecule has 1 amide bonds. The maximum absolute atomic E-state index is 13.7. The molecule has 0 fully saturated rings. The molecule has 1 rings (SSSR count). The van der Waals surface area contributed by atoms with Gasteiger partial charge in [-0.15, -0.1) is 0 Å². The van der Waals surface area contributed by atoms with E-state index in [0.717, 1.165) is 6.07 Å². The van der Waals surface area contributed by atoms with Gasteiger partial charge in [0.1, 0.15) is 5.82 Å². The highest BCUT2D eigenvalue weighted by molar-refractivity contribution is 7.89. The van der Waals surface area contributed by atoms with Gasteiger partial charge in [-0.3, -0.25) is 4.79 Å². The third-order valence-electron chi connectivity index (χ3n) is 2.47. The third kappa shape index (κ3) is 5.51. The predicted octanol–water partition coefficient (Wildman–Crippen LogP) is -0.320. The molecule has 5 N–H and O–H groups in total. The van der Waals surface area contributed by atoms with Crippen LogP contribution in [-0.2, 0) is 14.8 Å². The van der Waals surface area contributed by atoms with E-state index in [9.17, 15) is 17.6 Å². The molecule has 0 aliphatic rings. The summed E-state index contributed by atoms with van der Waals surface area (Å²) < 4.78 is 39.8. The quantitative estimate of drug-likeness (QED) is 0.493. The number of benzene rings is 1. The zero-order valence-electron chi connectivity index (χ0n) is 11.2. The van der Waals surface area contributed by atoms with E-state index in [1.807, 2.05) is 0 Å². The van der Waals surface area contributed by atoms with Crippen molar-refractivity contribution < 1.29 is 17.6 Å². The lowest BCUT2D eigenvalue weighted by atomic mass is 10.2. The molecule has 0 unspecified atom stereocenters. The highest BCUT2D eigenvalue weighted by Crippen LogP contribution is 2.14. The summed E-state index contributed by atoms with van der Waals surface area (Å²) in [5.74, 6) is 3.73. The first-order valence-corrected chi connectivity index (χ1v) is 7.61. The molecule has 1 aromatic carbocycles. The van der Waals surface area contributed by atoms with Crippen LogP contribution in [0.5, 0.6) is 0 Å². The number of carbonyl (C=O) groups is 1. The summed E-state index contributed by atoms with van der Waals surface area (Å²) in [6.45, 7) is 0.128. The highest BCUT2D eigenvalue weighted by atomic mass is 32.2. The van der Waals surface area contributed by atoms with Gasteiger partial charge in [0, 0.05) is 13.0 Å². The first kappa shape index (κ1) is 17.1. The van der Waals surface area contributed by atoms with Crippen LogP contribution >= 0.6 is 0 Å². The minimum absolute atomic E-state index is 0.0433. The number of hydrogen-bond donors (Lipinski definition) is 3. The van der Waals surface area contributed by atoms with Crippen LogP contribution in [-0.4, -0.2) is 27.4 Å².